The smallest absolute Gasteiger partial charge is 0.325 e. The van der Waals surface area contributed by atoms with Crippen LogP contribution in [0.1, 0.15) is 29.2 Å². The van der Waals surface area contributed by atoms with Gasteiger partial charge in [0.05, 0.1) is 0 Å². The predicted molar refractivity (Wildman–Crippen MR) is 108 cm³/mol. The van der Waals surface area contributed by atoms with Gasteiger partial charge < -0.3 is 16.0 Å². The number of aryl methyl sites for hydroxylation is 1. The number of nitrogens with one attached hydrogen (secondary N) is 1. The molecular formula is C22H21FN4O4. The van der Waals surface area contributed by atoms with E-state index in [4.69, 9.17) is 5.73 Å². The van der Waals surface area contributed by atoms with Gasteiger partial charge in [-0.2, -0.15) is 0 Å². The van der Waals surface area contributed by atoms with Crippen LogP contribution in [0.5, 0.6) is 0 Å². The third-order valence-corrected chi connectivity index (χ3v) is 5.93. The van der Waals surface area contributed by atoms with Crippen LogP contribution in [0.3, 0.4) is 0 Å². The van der Waals surface area contributed by atoms with E-state index < -0.39 is 47.7 Å². The van der Waals surface area contributed by atoms with E-state index in [1.165, 1.54) is 25.2 Å². The molecule has 1 aliphatic heterocycles. The number of halogens is 1. The lowest BCUT2D eigenvalue weighted by Gasteiger charge is -2.28. The van der Waals surface area contributed by atoms with E-state index in [1.54, 1.807) is 12.1 Å². The Hall–Kier alpha value is -3.75. The van der Waals surface area contributed by atoms with Crippen LogP contribution in [-0.4, -0.2) is 47.1 Å². The molecule has 0 bridgehead atoms. The zero-order chi connectivity index (χ0) is 22.3. The molecule has 1 heterocycles. The molecule has 0 aromatic heterocycles. The van der Waals surface area contributed by atoms with Crippen LogP contribution in [0.4, 0.5) is 9.18 Å². The molecule has 1 fully saturated rings. The van der Waals surface area contributed by atoms with Crippen LogP contribution in [0.15, 0.2) is 48.5 Å². The van der Waals surface area contributed by atoms with Gasteiger partial charge in [0, 0.05) is 7.05 Å². The van der Waals surface area contributed by atoms with Crippen molar-refractivity contribution in [3.63, 3.8) is 0 Å². The van der Waals surface area contributed by atoms with Gasteiger partial charge in [-0.1, -0.05) is 36.4 Å². The molecule has 0 saturated carbocycles. The summed E-state index contributed by atoms with van der Waals surface area (Å²) in [6.45, 7) is -0.565. The molecule has 1 aliphatic carbocycles. The van der Waals surface area contributed by atoms with Crippen LogP contribution in [0.2, 0.25) is 0 Å². The Morgan fingerprint density at radius 2 is 1.97 bits per heavy atom. The molecule has 160 valence electrons. The van der Waals surface area contributed by atoms with E-state index in [9.17, 15) is 23.6 Å². The first-order valence-electron chi connectivity index (χ1n) is 9.77. The van der Waals surface area contributed by atoms with Crippen molar-refractivity contribution in [2.75, 3.05) is 13.6 Å². The minimum absolute atomic E-state index is 0.196. The lowest BCUT2D eigenvalue weighted by Crippen LogP contribution is -2.46. The van der Waals surface area contributed by atoms with Gasteiger partial charge in [0.1, 0.15) is 23.9 Å². The number of primary amides is 1. The van der Waals surface area contributed by atoms with Crippen molar-refractivity contribution >= 4 is 23.8 Å². The number of rotatable bonds is 5. The van der Waals surface area contributed by atoms with Crippen LogP contribution in [-0.2, 0) is 26.3 Å². The molecule has 9 heteroatoms. The second-order valence-corrected chi connectivity index (χ2v) is 7.75. The second-order valence-electron chi connectivity index (χ2n) is 7.75. The number of urea groups is 1. The Morgan fingerprint density at radius 1 is 1.23 bits per heavy atom. The third kappa shape index (κ3) is 3.31. The lowest BCUT2D eigenvalue weighted by molar-refractivity contribution is -0.142. The molecule has 1 spiro atoms. The monoisotopic (exact) mass is 424 g/mol. The zero-order valence-electron chi connectivity index (χ0n) is 16.8. The topological polar surface area (TPSA) is 113 Å². The van der Waals surface area contributed by atoms with Gasteiger partial charge in [0.25, 0.3) is 5.91 Å². The average molecular weight is 424 g/mol. The number of nitrogens with zero attached hydrogens (tertiary/aromatic N) is 2. The van der Waals surface area contributed by atoms with Crippen molar-refractivity contribution < 1.29 is 23.6 Å². The summed E-state index contributed by atoms with van der Waals surface area (Å²) < 4.78 is 13.6. The van der Waals surface area contributed by atoms with Crippen molar-refractivity contribution in [1.29, 1.82) is 0 Å². The van der Waals surface area contributed by atoms with Crippen LogP contribution in [0.25, 0.3) is 0 Å². The van der Waals surface area contributed by atoms with Crippen molar-refractivity contribution in [2.45, 2.75) is 24.4 Å². The van der Waals surface area contributed by atoms with Gasteiger partial charge in [0.2, 0.25) is 11.8 Å². The highest BCUT2D eigenvalue weighted by Gasteiger charge is 2.55. The summed E-state index contributed by atoms with van der Waals surface area (Å²) in [5.41, 5.74) is 6.17. The summed E-state index contributed by atoms with van der Waals surface area (Å²) in [4.78, 5) is 52.6. The number of hydrogen-bond donors (Lipinski definition) is 2. The standard InChI is InChI=1S/C22H21FN4O4/c1-26(18(19(24)29)14-6-4-7-15(23)11-14)17(28)12-27-20(30)22(25-21(27)31)10-9-13-5-2-3-8-16(13)22/h2-8,11,18H,9-10,12H2,1H3,(H2,24,29)(H,25,31). The Morgan fingerprint density at radius 3 is 2.68 bits per heavy atom. The number of imide groups is 1. The molecule has 0 radical (unpaired) electrons. The summed E-state index contributed by atoms with van der Waals surface area (Å²) in [5, 5.41) is 2.75. The van der Waals surface area contributed by atoms with Gasteiger partial charge in [0.15, 0.2) is 0 Å². The maximum absolute atomic E-state index is 13.6. The zero-order valence-corrected chi connectivity index (χ0v) is 16.8. The maximum Gasteiger partial charge on any atom is 0.325 e. The number of carbonyl (C=O) groups is 4. The van der Waals surface area contributed by atoms with Gasteiger partial charge in [-0.05, 0) is 41.7 Å². The summed E-state index contributed by atoms with van der Waals surface area (Å²) in [5.74, 6) is -2.63. The first-order valence-corrected chi connectivity index (χ1v) is 9.77. The predicted octanol–water partition coefficient (Wildman–Crippen LogP) is 1.20. The molecular weight excluding hydrogens is 403 g/mol. The number of carbonyl (C=O) groups excluding carboxylic acids is 4. The fraction of sp³-hybridized carbons (Fsp3) is 0.273. The lowest BCUT2D eigenvalue weighted by atomic mass is 9.92. The Balaban J connectivity index is 1.56. The highest BCUT2D eigenvalue weighted by Crippen LogP contribution is 2.41. The van der Waals surface area contributed by atoms with E-state index in [-0.39, 0.29) is 5.56 Å². The minimum atomic E-state index is -1.25. The normalized spacial score (nSPS) is 20.5. The number of fused-ring (bicyclic) bond motifs is 2. The largest absolute Gasteiger partial charge is 0.368 e. The van der Waals surface area contributed by atoms with E-state index in [0.29, 0.717) is 12.8 Å². The first-order chi connectivity index (χ1) is 14.7. The van der Waals surface area contributed by atoms with Crippen LogP contribution in [0, 0.1) is 5.82 Å². The molecule has 1 saturated heterocycles. The molecule has 2 aromatic rings. The Labute approximate surface area is 177 Å². The molecule has 4 rings (SSSR count). The minimum Gasteiger partial charge on any atom is -0.368 e. The maximum atomic E-state index is 13.6. The fourth-order valence-corrected chi connectivity index (χ4v) is 4.38. The average Bonchev–Trinajstić information content (AvgIpc) is 3.21. The van der Waals surface area contributed by atoms with E-state index in [0.717, 1.165) is 27.0 Å². The van der Waals surface area contributed by atoms with E-state index in [1.807, 2.05) is 12.1 Å². The molecule has 2 aromatic carbocycles. The van der Waals surface area contributed by atoms with Crippen molar-refractivity contribution in [3.05, 3.63) is 71.0 Å². The molecule has 2 aliphatic rings. The Bertz CT molecular complexity index is 1100. The van der Waals surface area contributed by atoms with Crippen molar-refractivity contribution in [1.82, 2.24) is 15.1 Å². The third-order valence-electron chi connectivity index (χ3n) is 5.93. The summed E-state index contributed by atoms with van der Waals surface area (Å²) in [7, 11) is 1.32. The molecule has 2 atom stereocenters. The molecule has 2 unspecified atom stereocenters. The number of likely N-dealkylation sites (N-methyl/N-ethyl adjacent to an activating group) is 1. The highest BCUT2D eigenvalue weighted by molar-refractivity contribution is 6.10. The Kier molecular flexibility index (Phi) is 4.96. The highest BCUT2D eigenvalue weighted by atomic mass is 19.1. The quantitative estimate of drug-likeness (QED) is 0.703. The number of benzene rings is 2. The summed E-state index contributed by atoms with van der Waals surface area (Å²) in [6.07, 6.45) is 1.04. The van der Waals surface area contributed by atoms with Gasteiger partial charge in [-0.3, -0.25) is 19.3 Å². The SMILES string of the molecule is CN(C(=O)CN1C(=O)NC2(CCc3ccccc32)C1=O)C(C(N)=O)c1cccc(F)c1. The summed E-state index contributed by atoms with van der Waals surface area (Å²) in [6, 6.07) is 10.6. The van der Waals surface area contributed by atoms with Crippen LogP contribution < -0.4 is 11.1 Å². The second kappa shape index (κ2) is 7.50. The van der Waals surface area contributed by atoms with Crippen LogP contribution >= 0.6 is 0 Å². The first kappa shape index (κ1) is 20.5. The van der Waals surface area contributed by atoms with E-state index >= 15 is 0 Å². The number of amides is 5. The van der Waals surface area contributed by atoms with E-state index in [2.05, 4.69) is 5.32 Å². The number of nitrogens with two attached hydrogens (primary N) is 1. The number of hydrogen-bond acceptors (Lipinski definition) is 4. The fourth-order valence-electron chi connectivity index (χ4n) is 4.38. The van der Waals surface area contributed by atoms with Crippen molar-refractivity contribution in [2.24, 2.45) is 5.73 Å². The van der Waals surface area contributed by atoms with Gasteiger partial charge in [-0.15, -0.1) is 0 Å². The molecule has 8 nitrogen and oxygen atoms in total. The molecule has 3 N–H and O–H groups in total. The van der Waals surface area contributed by atoms with Crippen molar-refractivity contribution in [3.8, 4) is 0 Å². The summed E-state index contributed by atoms with van der Waals surface area (Å²) >= 11 is 0. The molecule has 31 heavy (non-hydrogen) atoms. The van der Waals surface area contributed by atoms with Gasteiger partial charge in [-0.25, -0.2) is 9.18 Å². The van der Waals surface area contributed by atoms with Gasteiger partial charge >= 0.3 is 6.03 Å². The molecule has 5 amide bonds.